The van der Waals surface area contributed by atoms with Crippen molar-refractivity contribution in [2.45, 2.75) is 0 Å². The van der Waals surface area contributed by atoms with Crippen LogP contribution >= 0.6 is 34.5 Å². The number of anilines is 1. The molecule has 0 radical (unpaired) electrons. The Bertz CT molecular complexity index is 1040. The number of methoxy groups -OCH3 is 3. The summed E-state index contributed by atoms with van der Waals surface area (Å²) in [6.45, 7) is 0. The molecule has 2 aromatic heterocycles. The molecule has 1 N–H and O–H groups in total. The molecular weight excluding hydrogens is 441 g/mol. The van der Waals surface area contributed by atoms with Crippen molar-refractivity contribution in [3.05, 3.63) is 38.5 Å². The lowest BCUT2D eigenvalue weighted by molar-refractivity contribution is -0.112. The summed E-state index contributed by atoms with van der Waals surface area (Å²) in [6.07, 6.45) is 2.88. The van der Waals surface area contributed by atoms with Crippen LogP contribution in [0.25, 0.3) is 17.5 Å². The molecule has 0 fully saturated rings. The average Bonchev–Trinajstić information content (AvgIpc) is 3.30. The number of rotatable bonds is 7. The van der Waals surface area contributed by atoms with Crippen LogP contribution in [0.15, 0.2) is 28.7 Å². The van der Waals surface area contributed by atoms with Gasteiger partial charge in [0.1, 0.15) is 4.34 Å². The third kappa shape index (κ3) is 4.81. The van der Waals surface area contributed by atoms with Gasteiger partial charge in [-0.05, 0) is 29.8 Å². The highest BCUT2D eigenvalue weighted by Crippen LogP contribution is 2.39. The number of benzene rings is 1. The molecule has 0 saturated heterocycles. The van der Waals surface area contributed by atoms with Gasteiger partial charge in [0.15, 0.2) is 11.5 Å². The molecule has 0 atom stereocenters. The summed E-state index contributed by atoms with van der Waals surface area (Å²) < 4.78 is 22.2. The first-order valence-corrected chi connectivity index (χ1v) is 9.60. The van der Waals surface area contributed by atoms with Crippen LogP contribution in [-0.2, 0) is 4.79 Å². The Labute approximate surface area is 180 Å². The van der Waals surface area contributed by atoms with Crippen molar-refractivity contribution in [2.24, 2.45) is 0 Å². The van der Waals surface area contributed by atoms with Crippen molar-refractivity contribution < 1.29 is 23.4 Å². The SMILES string of the molecule is COc1cc(/C=C/C(=O)Nc2nnc(-c3cc(Cl)sc3Cl)o2)cc(OC)c1OC. The monoisotopic (exact) mass is 455 g/mol. The maximum absolute atomic E-state index is 12.2. The van der Waals surface area contributed by atoms with Gasteiger partial charge in [0.25, 0.3) is 11.8 Å². The molecule has 3 aromatic rings. The fourth-order valence-corrected chi connectivity index (χ4v) is 3.83. The quantitative estimate of drug-likeness (QED) is 0.511. The number of halogens is 2. The van der Waals surface area contributed by atoms with E-state index in [9.17, 15) is 4.79 Å². The Morgan fingerprint density at radius 3 is 2.34 bits per heavy atom. The van der Waals surface area contributed by atoms with Gasteiger partial charge in [-0.1, -0.05) is 28.3 Å². The molecule has 152 valence electrons. The molecule has 0 aliphatic heterocycles. The van der Waals surface area contributed by atoms with Gasteiger partial charge in [-0.3, -0.25) is 10.1 Å². The minimum atomic E-state index is -0.469. The van der Waals surface area contributed by atoms with Crippen LogP contribution in [0.2, 0.25) is 8.67 Å². The summed E-state index contributed by atoms with van der Waals surface area (Å²) in [7, 11) is 4.54. The predicted octanol–water partition coefficient (Wildman–Crippen LogP) is 4.78. The first-order chi connectivity index (χ1) is 13.9. The van der Waals surface area contributed by atoms with E-state index in [1.165, 1.54) is 38.7 Å². The molecule has 0 bridgehead atoms. The van der Waals surface area contributed by atoms with Gasteiger partial charge in [-0.15, -0.1) is 16.4 Å². The highest BCUT2D eigenvalue weighted by atomic mass is 35.5. The maximum atomic E-state index is 12.2. The molecule has 0 spiro atoms. The number of hydrogen-bond acceptors (Lipinski definition) is 8. The van der Waals surface area contributed by atoms with Crippen LogP contribution < -0.4 is 19.5 Å². The van der Waals surface area contributed by atoms with E-state index in [2.05, 4.69) is 15.5 Å². The topological polar surface area (TPSA) is 95.7 Å². The average molecular weight is 456 g/mol. The van der Waals surface area contributed by atoms with Crippen LogP contribution in [-0.4, -0.2) is 37.4 Å². The Morgan fingerprint density at radius 1 is 1.10 bits per heavy atom. The first-order valence-electron chi connectivity index (χ1n) is 8.03. The lowest BCUT2D eigenvalue weighted by atomic mass is 10.1. The van der Waals surface area contributed by atoms with Crippen LogP contribution in [0, 0.1) is 0 Å². The molecule has 0 saturated carbocycles. The third-order valence-electron chi connectivity index (χ3n) is 3.66. The van der Waals surface area contributed by atoms with E-state index in [1.807, 2.05) is 0 Å². The zero-order valence-electron chi connectivity index (χ0n) is 15.5. The van der Waals surface area contributed by atoms with Crippen LogP contribution in [0.5, 0.6) is 17.2 Å². The van der Waals surface area contributed by atoms with Gasteiger partial charge in [-0.25, -0.2) is 0 Å². The van der Waals surface area contributed by atoms with Gasteiger partial charge in [0.2, 0.25) is 5.75 Å². The van der Waals surface area contributed by atoms with Gasteiger partial charge in [0, 0.05) is 6.08 Å². The Hall–Kier alpha value is -2.75. The van der Waals surface area contributed by atoms with E-state index >= 15 is 0 Å². The number of hydrogen-bond donors (Lipinski definition) is 1. The van der Waals surface area contributed by atoms with Crippen molar-refractivity contribution in [2.75, 3.05) is 26.6 Å². The van der Waals surface area contributed by atoms with E-state index in [1.54, 1.807) is 24.3 Å². The summed E-state index contributed by atoms with van der Waals surface area (Å²) in [4.78, 5) is 12.2. The third-order valence-corrected chi connectivity index (χ3v) is 5.14. The molecule has 29 heavy (non-hydrogen) atoms. The van der Waals surface area contributed by atoms with Crippen molar-refractivity contribution in [3.63, 3.8) is 0 Å². The van der Waals surface area contributed by atoms with Gasteiger partial charge < -0.3 is 18.6 Å². The second-order valence-corrected chi connectivity index (χ2v) is 7.72. The van der Waals surface area contributed by atoms with Crippen LogP contribution in [0.3, 0.4) is 0 Å². The number of ether oxygens (including phenoxy) is 3. The molecule has 2 heterocycles. The Morgan fingerprint density at radius 2 is 1.79 bits per heavy atom. The van der Waals surface area contributed by atoms with Gasteiger partial charge >= 0.3 is 6.01 Å². The summed E-state index contributed by atoms with van der Waals surface area (Å²) in [5, 5.41) is 10.1. The molecule has 0 unspecified atom stereocenters. The van der Waals surface area contributed by atoms with E-state index in [0.29, 0.717) is 37.0 Å². The number of carbonyl (C=O) groups excluding carboxylic acids is 1. The van der Waals surface area contributed by atoms with Crippen molar-refractivity contribution in [3.8, 4) is 28.7 Å². The lowest BCUT2D eigenvalue weighted by Gasteiger charge is -2.12. The van der Waals surface area contributed by atoms with Crippen molar-refractivity contribution in [1.82, 2.24) is 10.2 Å². The maximum Gasteiger partial charge on any atom is 0.322 e. The molecule has 8 nitrogen and oxygen atoms in total. The summed E-state index contributed by atoms with van der Waals surface area (Å²) in [6, 6.07) is 4.95. The number of thiophene rings is 1. The fourth-order valence-electron chi connectivity index (χ4n) is 2.39. The van der Waals surface area contributed by atoms with Crippen molar-refractivity contribution >= 4 is 52.5 Å². The largest absolute Gasteiger partial charge is 0.493 e. The number of nitrogens with zero attached hydrogens (tertiary/aromatic N) is 2. The van der Waals surface area contributed by atoms with E-state index in [0.717, 1.165) is 0 Å². The zero-order valence-corrected chi connectivity index (χ0v) is 17.8. The van der Waals surface area contributed by atoms with Crippen molar-refractivity contribution in [1.29, 1.82) is 0 Å². The standard InChI is InChI=1S/C18H15Cl2N3O5S/c1-25-11-6-9(7-12(26-2)15(11)27-3)4-5-14(24)21-18-23-22-17(28-18)10-8-13(19)29-16(10)20/h4-8H,1-3H3,(H,21,23,24)/b5-4+. The fraction of sp³-hybridized carbons (Fsp3) is 0.167. The molecule has 0 aliphatic carbocycles. The van der Waals surface area contributed by atoms with Crippen LogP contribution in [0.1, 0.15) is 5.56 Å². The molecule has 1 amide bonds. The van der Waals surface area contributed by atoms with Gasteiger partial charge in [0.05, 0.1) is 31.2 Å². The normalized spacial score (nSPS) is 10.9. The molecule has 0 aliphatic rings. The molecule has 3 rings (SSSR count). The predicted molar refractivity (Wildman–Crippen MR) is 111 cm³/mol. The number of carbonyl (C=O) groups is 1. The zero-order chi connectivity index (χ0) is 21.0. The minimum Gasteiger partial charge on any atom is -0.493 e. The summed E-state index contributed by atoms with van der Waals surface area (Å²) >= 11 is 13.1. The van der Waals surface area contributed by atoms with Gasteiger partial charge in [-0.2, -0.15) is 0 Å². The molecule has 11 heteroatoms. The molecule has 1 aromatic carbocycles. The highest BCUT2D eigenvalue weighted by Gasteiger charge is 2.16. The number of aromatic nitrogens is 2. The lowest BCUT2D eigenvalue weighted by Crippen LogP contribution is -2.07. The highest BCUT2D eigenvalue weighted by molar-refractivity contribution is 7.20. The first kappa shape index (κ1) is 21.0. The van der Waals surface area contributed by atoms with E-state index in [4.69, 9.17) is 41.8 Å². The Kier molecular flexibility index (Phi) is 6.63. The molecular formula is C18H15Cl2N3O5S. The van der Waals surface area contributed by atoms with Crippen LogP contribution in [0.4, 0.5) is 6.01 Å². The number of amides is 1. The van der Waals surface area contributed by atoms with E-state index < -0.39 is 5.91 Å². The smallest absolute Gasteiger partial charge is 0.322 e. The summed E-state index contributed by atoms with van der Waals surface area (Å²) in [5.41, 5.74) is 1.17. The summed E-state index contributed by atoms with van der Waals surface area (Å²) in [5.74, 6) is 1.09. The Balaban J connectivity index is 1.73. The number of nitrogens with one attached hydrogen (secondary N) is 1. The minimum absolute atomic E-state index is 0.0714. The van der Waals surface area contributed by atoms with E-state index in [-0.39, 0.29) is 11.9 Å². The second kappa shape index (κ2) is 9.17. The second-order valence-electron chi connectivity index (χ2n) is 5.43.